The van der Waals surface area contributed by atoms with Gasteiger partial charge in [-0.1, -0.05) is 60.7 Å². The number of benzene rings is 2. The first-order valence-electron chi connectivity index (χ1n) is 7.34. The van der Waals surface area contributed by atoms with Gasteiger partial charge in [0.25, 0.3) is 0 Å². The van der Waals surface area contributed by atoms with Gasteiger partial charge in [-0.15, -0.1) is 0 Å². The lowest BCUT2D eigenvalue weighted by atomic mass is 10.1. The molecule has 0 heterocycles. The van der Waals surface area contributed by atoms with Crippen molar-refractivity contribution in [2.75, 3.05) is 6.54 Å². The van der Waals surface area contributed by atoms with Crippen LogP contribution in [-0.4, -0.2) is 18.4 Å². The van der Waals surface area contributed by atoms with Crippen LogP contribution < -0.4 is 10.6 Å². The van der Waals surface area contributed by atoms with Crippen LogP contribution in [0.3, 0.4) is 0 Å². The Labute approximate surface area is 130 Å². The molecule has 4 nitrogen and oxygen atoms in total. The molecule has 0 bridgehead atoms. The fourth-order valence-corrected chi connectivity index (χ4v) is 2.13. The Morgan fingerprint density at radius 1 is 0.909 bits per heavy atom. The van der Waals surface area contributed by atoms with Crippen LogP contribution in [0.15, 0.2) is 60.7 Å². The Bertz CT molecular complexity index is 611. The molecule has 2 rings (SSSR count). The number of hydrogen-bond donors (Lipinski definition) is 2. The molecule has 0 aliphatic carbocycles. The predicted molar refractivity (Wildman–Crippen MR) is 86.2 cm³/mol. The van der Waals surface area contributed by atoms with Gasteiger partial charge in [0, 0.05) is 6.54 Å². The molecular formula is C18H20N2O2. The van der Waals surface area contributed by atoms with Crippen molar-refractivity contribution in [2.45, 2.75) is 19.4 Å². The maximum atomic E-state index is 11.8. The average molecular weight is 296 g/mol. The summed E-state index contributed by atoms with van der Waals surface area (Å²) in [5.74, 6) is -1.21. The SMILES string of the molecule is C[C@H](NC(=O)C(=O)NCCc1ccccc1)c1ccccc1. The Hall–Kier alpha value is -2.62. The van der Waals surface area contributed by atoms with Crippen molar-refractivity contribution in [1.82, 2.24) is 10.6 Å². The van der Waals surface area contributed by atoms with Crippen LogP contribution in [0.1, 0.15) is 24.1 Å². The van der Waals surface area contributed by atoms with E-state index in [0.717, 1.165) is 11.1 Å². The molecular weight excluding hydrogens is 276 g/mol. The first-order chi connectivity index (χ1) is 10.7. The van der Waals surface area contributed by atoms with E-state index >= 15 is 0 Å². The van der Waals surface area contributed by atoms with Crippen LogP contribution in [0.2, 0.25) is 0 Å². The van der Waals surface area contributed by atoms with Crippen molar-refractivity contribution >= 4 is 11.8 Å². The van der Waals surface area contributed by atoms with Gasteiger partial charge in [-0.05, 0) is 24.5 Å². The van der Waals surface area contributed by atoms with Crippen molar-refractivity contribution in [2.24, 2.45) is 0 Å². The van der Waals surface area contributed by atoms with E-state index in [-0.39, 0.29) is 6.04 Å². The molecule has 2 amide bonds. The van der Waals surface area contributed by atoms with E-state index in [2.05, 4.69) is 10.6 Å². The molecule has 0 fully saturated rings. The molecule has 0 aliphatic rings. The second-order valence-corrected chi connectivity index (χ2v) is 5.10. The maximum Gasteiger partial charge on any atom is 0.309 e. The summed E-state index contributed by atoms with van der Waals surface area (Å²) in [6.45, 7) is 2.29. The van der Waals surface area contributed by atoms with E-state index in [1.54, 1.807) is 0 Å². The first-order valence-corrected chi connectivity index (χ1v) is 7.34. The summed E-state index contributed by atoms with van der Waals surface area (Å²) in [6.07, 6.45) is 0.702. The van der Waals surface area contributed by atoms with Gasteiger partial charge in [0.1, 0.15) is 0 Å². The van der Waals surface area contributed by atoms with E-state index in [1.165, 1.54) is 0 Å². The molecule has 22 heavy (non-hydrogen) atoms. The second kappa shape index (κ2) is 7.98. The number of amides is 2. The highest BCUT2D eigenvalue weighted by molar-refractivity contribution is 6.35. The third kappa shape index (κ3) is 4.74. The summed E-state index contributed by atoms with van der Waals surface area (Å²) in [5.41, 5.74) is 2.09. The van der Waals surface area contributed by atoms with Crippen molar-refractivity contribution in [3.05, 3.63) is 71.8 Å². The van der Waals surface area contributed by atoms with Gasteiger partial charge >= 0.3 is 11.8 Å². The normalized spacial score (nSPS) is 11.5. The van der Waals surface area contributed by atoms with Gasteiger partial charge in [0.2, 0.25) is 0 Å². The van der Waals surface area contributed by atoms with Crippen molar-refractivity contribution < 1.29 is 9.59 Å². The molecule has 0 aliphatic heterocycles. The van der Waals surface area contributed by atoms with Crippen LogP contribution in [0.4, 0.5) is 0 Å². The third-order valence-electron chi connectivity index (χ3n) is 3.40. The van der Waals surface area contributed by atoms with E-state index in [4.69, 9.17) is 0 Å². The van der Waals surface area contributed by atoms with Crippen molar-refractivity contribution in [3.8, 4) is 0 Å². The molecule has 2 N–H and O–H groups in total. The Balaban J connectivity index is 1.76. The average Bonchev–Trinajstić information content (AvgIpc) is 2.56. The number of carbonyl (C=O) groups is 2. The van der Waals surface area contributed by atoms with Gasteiger partial charge in [-0.2, -0.15) is 0 Å². The Morgan fingerprint density at radius 3 is 2.14 bits per heavy atom. The topological polar surface area (TPSA) is 58.2 Å². The Kier molecular flexibility index (Phi) is 5.72. The summed E-state index contributed by atoms with van der Waals surface area (Å²) in [5, 5.41) is 5.33. The fraction of sp³-hybridized carbons (Fsp3) is 0.222. The molecule has 2 aromatic carbocycles. The van der Waals surface area contributed by atoms with Crippen molar-refractivity contribution in [3.63, 3.8) is 0 Å². The van der Waals surface area contributed by atoms with Crippen LogP contribution in [-0.2, 0) is 16.0 Å². The molecule has 0 saturated heterocycles. The third-order valence-corrected chi connectivity index (χ3v) is 3.40. The van der Waals surface area contributed by atoms with E-state index in [0.29, 0.717) is 13.0 Å². The van der Waals surface area contributed by atoms with Gasteiger partial charge in [0.05, 0.1) is 6.04 Å². The lowest BCUT2D eigenvalue weighted by Gasteiger charge is -2.14. The summed E-state index contributed by atoms with van der Waals surface area (Å²) in [6, 6.07) is 19.2. The molecule has 2 aromatic rings. The van der Waals surface area contributed by atoms with Gasteiger partial charge in [-0.3, -0.25) is 9.59 Å². The summed E-state index contributed by atoms with van der Waals surface area (Å²) < 4.78 is 0. The zero-order valence-corrected chi connectivity index (χ0v) is 12.6. The minimum Gasteiger partial charge on any atom is -0.348 e. The van der Waals surface area contributed by atoms with E-state index < -0.39 is 11.8 Å². The van der Waals surface area contributed by atoms with Crippen LogP contribution >= 0.6 is 0 Å². The number of hydrogen-bond acceptors (Lipinski definition) is 2. The predicted octanol–water partition coefficient (Wildman–Crippen LogP) is 2.22. The second-order valence-electron chi connectivity index (χ2n) is 5.10. The lowest BCUT2D eigenvalue weighted by Crippen LogP contribution is -2.41. The molecule has 114 valence electrons. The molecule has 0 radical (unpaired) electrons. The maximum absolute atomic E-state index is 11.8. The monoisotopic (exact) mass is 296 g/mol. The summed E-state index contributed by atoms with van der Waals surface area (Å²) >= 11 is 0. The highest BCUT2D eigenvalue weighted by atomic mass is 16.2. The molecule has 4 heteroatoms. The quantitative estimate of drug-likeness (QED) is 0.831. The number of carbonyl (C=O) groups excluding carboxylic acids is 2. The van der Waals surface area contributed by atoms with Crippen molar-refractivity contribution in [1.29, 1.82) is 0 Å². The Morgan fingerprint density at radius 2 is 1.50 bits per heavy atom. The molecule has 1 atom stereocenters. The fourth-order valence-electron chi connectivity index (χ4n) is 2.13. The van der Waals surface area contributed by atoms with Gasteiger partial charge in [0.15, 0.2) is 0 Å². The molecule has 0 aromatic heterocycles. The number of rotatable bonds is 5. The molecule has 0 saturated carbocycles. The van der Waals surface area contributed by atoms with E-state index in [1.807, 2.05) is 67.6 Å². The van der Waals surface area contributed by atoms with Gasteiger partial charge < -0.3 is 10.6 Å². The summed E-state index contributed by atoms with van der Waals surface area (Å²) in [4.78, 5) is 23.6. The van der Waals surface area contributed by atoms with Crippen LogP contribution in [0.5, 0.6) is 0 Å². The van der Waals surface area contributed by atoms with Crippen LogP contribution in [0, 0.1) is 0 Å². The van der Waals surface area contributed by atoms with E-state index in [9.17, 15) is 9.59 Å². The van der Waals surface area contributed by atoms with Crippen LogP contribution in [0.25, 0.3) is 0 Å². The smallest absolute Gasteiger partial charge is 0.309 e. The zero-order valence-electron chi connectivity index (χ0n) is 12.6. The minimum atomic E-state index is -0.607. The lowest BCUT2D eigenvalue weighted by molar-refractivity contribution is -0.139. The highest BCUT2D eigenvalue weighted by Gasteiger charge is 2.16. The largest absolute Gasteiger partial charge is 0.348 e. The standard InChI is InChI=1S/C18H20N2O2/c1-14(16-10-6-3-7-11-16)20-18(22)17(21)19-13-12-15-8-4-2-5-9-15/h2-11,14H,12-13H2,1H3,(H,19,21)(H,20,22)/t14-/m0/s1. The first kappa shape index (κ1) is 15.8. The number of nitrogens with one attached hydrogen (secondary N) is 2. The summed E-state index contributed by atoms with van der Waals surface area (Å²) in [7, 11) is 0. The molecule has 0 spiro atoms. The molecule has 0 unspecified atom stereocenters. The zero-order chi connectivity index (χ0) is 15.8. The van der Waals surface area contributed by atoms with Gasteiger partial charge in [-0.25, -0.2) is 0 Å². The minimum absolute atomic E-state index is 0.200. The highest BCUT2D eigenvalue weighted by Crippen LogP contribution is 2.10.